The lowest BCUT2D eigenvalue weighted by Crippen LogP contribution is -2.43. The molecule has 1 aromatic heterocycles. The zero-order valence-electron chi connectivity index (χ0n) is 11.6. The second-order valence-electron chi connectivity index (χ2n) is 5.15. The van der Waals surface area contributed by atoms with E-state index in [-0.39, 0.29) is 18.4 Å². The minimum atomic E-state index is -0.525. The summed E-state index contributed by atoms with van der Waals surface area (Å²) in [5, 5.41) is 9.52. The van der Waals surface area contributed by atoms with Crippen LogP contribution in [0.3, 0.4) is 0 Å². The first-order valence-electron chi connectivity index (χ1n) is 6.70. The molecule has 7 nitrogen and oxygen atoms in total. The number of carbonyl (C=O) groups excluding carboxylic acids is 2. The van der Waals surface area contributed by atoms with Crippen molar-refractivity contribution in [3.8, 4) is 0 Å². The molecule has 1 aliphatic heterocycles. The van der Waals surface area contributed by atoms with E-state index < -0.39 is 6.04 Å². The minimum Gasteiger partial charge on any atom is -0.399 e. The molecule has 2 heterocycles. The first-order chi connectivity index (χ1) is 10.0. The normalized spacial score (nSPS) is 19.5. The molecule has 0 aliphatic carbocycles. The van der Waals surface area contributed by atoms with Crippen LogP contribution in [-0.2, 0) is 16.2 Å². The van der Waals surface area contributed by atoms with Gasteiger partial charge in [-0.2, -0.15) is 0 Å². The van der Waals surface area contributed by atoms with Crippen molar-refractivity contribution in [2.24, 2.45) is 0 Å². The van der Waals surface area contributed by atoms with E-state index in [1.807, 2.05) is 0 Å². The Labute approximate surface area is 121 Å². The molecule has 2 amide bonds. The summed E-state index contributed by atoms with van der Waals surface area (Å²) in [5.41, 5.74) is 7.67. The highest BCUT2D eigenvalue weighted by Crippen LogP contribution is 2.29. The number of imide groups is 1. The number of hydrogen-bond donors (Lipinski definition) is 2. The standard InChI is InChI=1S/C14H16N4O3/c1-17-13(20)5-4-11(14(17)21)18-10-3-2-8(15)6-9(10)16-12(18)7-19/h2-3,6,11,19H,4-5,7,15H2,1H3. The smallest absolute Gasteiger partial charge is 0.252 e. The summed E-state index contributed by atoms with van der Waals surface area (Å²) < 4.78 is 1.71. The van der Waals surface area contributed by atoms with Crippen LogP contribution in [0.4, 0.5) is 5.69 Å². The molecule has 21 heavy (non-hydrogen) atoms. The second-order valence-corrected chi connectivity index (χ2v) is 5.15. The molecule has 2 aromatic rings. The molecule has 1 aliphatic rings. The second kappa shape index (κ2) is 4.85. The van der Waals surface area contributed by atoms with E-state index in [0.29, 0.717) is 29.9 Å². The van der Waals surface area contributed by atoms with E-state index in [9.17, 15) is 14.7 Å². The Bertz CT molecular complexity index is 737. The average molecular weight is 288 g/mol. The lowest BCUT2D eigenvalue weighted by atomic mass is 10.0. The fourth-order valence-corrected chi connectivity index (χ4v) is 2.76. The molecular weight excluding hydrogens is 272 g/mol. The van der Waals surface area contributed by atoms with Crippen molar-refractivity contribution in [2.75, 3.05) is 12.8 Å². The van der Waals surface area contributed by atoms with Gasteiger partial charge in [-0.25, -0.2) is 4.98 Å². The number of fused-ring (bicyclic) bond motifs is 1. The Morgan fingerprint density at radius 2 is 2.19 bits per heavy atom. The first kappa shape index (κ1) is 13.6. The van der Waals surface area contributed by atoms with E-state index in [1.54, 1.807) is 22.8 Å². The number of imidazole rings is 1. The lowest BCUT2D eigenvalue weighted by Gasteiger charge is -2.29. The van der Waals surface area contributed by atoms with Crippen LogP contribution in [0.5, 0.6) is 0 Å². The molecule has 1 aromatic carbocycles. The molecule has 110 valence electrons. The zero-order valence-corrected chi connectivity index (χ0v) is 11.6. The summed E-state index contributed by atoms with van der Waals surface area (Å²) in [4.78, 5) is 29.4. The molecule has 1 atom stereocenters. The highest BCUT2D eigenvalue weighted by molar-refractivity contribution is 6.00. The molecule has 1 saturated heterocycles. The number of nitrogens with two attached hydrogens (primary N) is 1. The molecule has 1 unspecified atom stereocenters. The van der Waals surface area contributed by atoms with Gasteiger partial charge in [0.05, 0.1) is 11.0 Å². The number of aliphatic hydroxyl groups excluding tert-OH is 1. The van der Waals surface area contributed by atoms with Gasteiger partial charge in [-0.3, -0.25) is 14.5 Å². The van der Waals surface area contributed by atoms with Crippen molar-refractivity contribution in [3.05, 3.63) is 24.0 Å². The van der Waals surface area contributed by atoms with Crippen LogP contribution in [0.2, 0.25) is 0 Å². The van der Waals surface area contributed by atoms with E-state index in [4.69, 9.17) is 5.73 Å². The van der Waals surface area contributed by atoms with Gasteiger partial charge in [0.2, 0.25) is 5.91 Å². The van der Waals surface area contributed by atoms with Crippen molar-refractivity contribution >= 4 is 28.5 Å². The predicted octanol–water partition coefficient (Wildman–Crippen LogP) is 0.431. The maximum Gasteiger partial charge on any atom is 0.252 e. The Kier molecular flexibility index (Phi) is 3.13. The van der Waals surface area contributed by atoms with Crippen LogP contribution in [0.1, 0.15) is 24.7 Å². The van der Waals surface area contributed by atoms with Gasteiger partial charge in [-0.1, -0.05) is 0 Å². The predicted molar refractivity (Wildman–Crippen MR) is 76.1 cm³/mol. The maximum absolute atomic E-state index is 12.4. The fraction of sp³-hybridized carbons (Fsp3) is 0.357. The number of anilines is 1. The topological polar surface area (TPSA) is 101 Å². The van der Waals surface area contributed by atoms with Crippen LogP contribution < -0.4 is 5.73 Å². The quantitative estimate of drug-likeness (QED) is 0.616. The number of piperidine rings is 1. The SMILES string of the molecule is CN1C(=O)CCC(n2c(CO)nc3cc(N)ccc32)C1=O. The van der Waals surface area contributed by atoms with Crippen molar-refractivity contribution in [2.45, 2.75) is 25.5 Å². The fourth-order valence-electron chi connectivity index (χ4n) is 2.76. The molecule has 3 N–H and O–H groups in total. The molecule has 0 radical (unpaired) electrons. The van der Waals surface area contributed by atoms with Gasteiger partial charge in [-0.15, -0.1) is 0 Å². The Hall–Kier alpha value is -2.41. The summed E-state index contributed by atoms with van der Waals surface area (Å²) >= 11 is 0. The number of carbonyl (C=O) groups is 2. The third-order valence-corrected chi connectivity index (χ3v) is 3.86. The Balaban J connectivity index is 2.15. The highest BCUT2D eigenvalue weighted by Gasteiger charge is 2.34. The Morgan fingerprint density at radius 3 is 2.90 bits per heavy atom. The van der Waals surface area contributed by atoms with Crippen molar-refractivity contribution in [3.63, 3.8) is 0 Å². The van der Waals surface area contributed by atoms with E-state index >= 15 is 0 Å². The summed E-state index contributed by atoms with van der Waals surface area (Å²) in [5.74, 6) is -0.0655. The number of nitrogens with zero attached hydrogens (tertiary/aromatic N) is 3. The third kappa shape index (κ3) is 2.06. The van der Waals surface area contributed by atoms with E-state index in [1.165, 1.54) is 7.05 Å². The largest absolute Gasteiger partial charge is 0.399 e. The summed E-state index contributed by atoms with van der Waals surface area (Å²) in [7, 11) is 1.48. The number of rotatable bonds is 2. The van der Waals surface area contributed by atoms with Crippen LogP contribution in [0.25, 0.3) is 11.0 Å². The van der Waals surface area contributed by atoms with Crippen LogP contribution in [0, 0.1) is 0 Å². The monoisotopic (exact) mass is 288 g/mol. The molecule has 0 bridgehead atoms. The molecule has 0 saturated carbocycles. The van der Waals surface area contributed by atoms with Crippen molar-refractivity contribution < 1.29 is 14.7 Å². The molecule has 3 rings (SSSR count). The van der Waals surface area contributed by atoms with Crippen molar-refractivity contribution in [1.29, 1.82) is 0 Å². The number of aromatic nitrogens is 2. The van der Waals surface area contributed by atoms with Crippen LogP contribution in [0.15, 0.2) is 18.2 Å². The summed E-state index contributed by atoms with van der Waals surface area (Å²) in [6, 6.07) is 4.68. The molecule has 1 fully saturated rings. The Morgan fingerprint density at radius 1 is 1.43 bits per heavy atom. The van der Waals surface area contributed by atoms with Crippen LogP contribution >= 0.6 is 0 Å². The minimum absolute atomic E-state index is 0.185. The number of amides is 2. The number of hydrogen-bond acceptors (Lipinski definition) is 5. The number of benzene rings is 1. The highest BCUT2D eigenvalue weighted by atomic mass is 16.3. The van der Waals surface area contributed by atoms with Crippen LogP contribution in [-0.4, -0.2) is 38.4 Å². The van der Waals surface area contributed by atoms with Gasteiger partial charge in [0.25, 0.3) is 5.91 Å². The van der Waals surface area contributed by atoms with E-state index in [2.05, 4.69) is 4.98 Å². The van der Waals surface area contributed by atoms with Gasteiger partial charge in [0, 0.05) is 19.2 Å². The average Bonchev–Trinajstić information content (AvgIpc) is 2.82. The number of nitrogen functional groups attached to an aromatic ring is 1. The zero-order chi connectivity index (χ0) is 15.1. The van der Waals surface area contributed by atoms with Gasteiger partial charge < -0.3 is 15.4 Å². The summed E-state index contributed by atoms with van der Waals surface area (Å²) in [6.07, 6.45) is 0.706. The van der Waals surface area contributed by atoms with E-state index in [0.717, 1.165) is 10.4 Å². The number of likely N-dealkylation sites (N-methyl/N-ethyl adjacent to an activating group) is 1. The van der Waals surface area contributed by atoms with Crippen molar-refractivity contribution in [1.82, 2.24) is 14.5 Å². The van der Waals surface area contributed by atoms with Gasteiger partial charge in [-0.05, 0) is 24.6 Å². The van der Waals surface area contributed by atoms with Gasteiger partial charge >= 0.3 is 0 Å². The number of aliphatic hydroxyl groups is 1. The van der Waals surface area contributed by atoms with Gasteiger partial charge in [0.15, 0.2) is 0 Å². The van der Waals surface area contributed by atoms with Gasteiger partial charge in [0.1, 0.15) is 18.5 Å². The number of likely N-dealkylation sites (tertiary alicyclic amines) is 1. The maximum atomic E-state index is 12.4. The third-order valence-electron chi connectivity index (χ3n) is 3.86. The first-order valence-corrected chi connectivity index (χ1v) is 6.70. The lowest BCUT2D eigenvalue weighted by molar-refractivity contribution is -0.149. The molecular formula is C14H16N4O3. The molecule has 0 spiro atoms. The molecule has 7 heteroatoms. The summed E-state index contributed by atoms with van der Waals surface area (Å²) in [6.45, 7) is -0.282.